The maximum Gasteiger partial charge on any atom is 0.519 e. The summed E-state index contributed by atoms with van der Waals surface area (Å²) >= 11 is 7.37. The fraction of sp³-hybridized carbons (Fsp3) is 0.182. The molecule has 0 amide bonds. The van der Waals surface area contributed by atoms with Crippen LogP contribution in [0, 0.1) is 6.92 Å². The molecular formula is C33H25ClN2O5S. The Hall–Kier alpha value is -4.27. The summed E-state index contributed by atoms with van der Waals surface area (Å²) in [7, 11) is 1.30. The predicted octanol–water partition coefficient (Wildman–Crippen LogP) is 7.77. The van der Waals surface area contributed by atoms with Crippen molar-refractivity contribution in [2.24, 2.45) is 0 Å². The number of nitrogens with zero attached hydrogens (tertiary/aromatic N) is 2. The van der Waals surface area contributed by atoms with Crippen LogP contribution in [0.5, 0.6) is 0 Å². The van der Waals surface area contributed by atoms with Crippen LogP contribution in [-0.4, -0.2) is 22.6 Å². The van der Waals surface area contributed by atoms with E-state index in [9.17, 15) is 9.59 Å². The summed E-state index contributed by atoms with van der Waals surface area (Å²) in [5.41, 5.74) is 4.37. The first-order chi connectivity index (χ1) is 20.4. The molecule has 1 atom stereocenters. The molecule has 2 heterocycles. The van der Waals surface area contributed by atoms with Gasteiger partial charge in [-0.2, -0.15) is 0 Å². The van der Waals surface area contributed by atoms with Crippen LogP contribution < -0.4 is 5.82 Å². The zero-order valence-corrected chi connectivity index (χ0v) is 24.4. The van der Waals surface area contributed by atoms with Crippen molar-refractivity contribution in [3.05, 3.63) is 123 Å². The van der Waals surface area contributed by atoms with Gasteiger partial charge in [0.25, 0.3) is 0 Å². The molecule has 1 saturated carbocycles. The SMILES string of the molecule is COC(=O)C(Sc1nc2ccccc2n1-c1ccc(C2CC2)c2ccccc12)(c1ccc(Cl)cc1)c1oc(=O)oc1C. The third-order valence-electron chi connectivity index (χ3n) is 7.75. The molecule has 0 radical (unpaired) electrons. The lowest BCUT2D eigenvalue weighted by Crippen LogP contribution is -2.36. The highest BCUT2D eigenvalue weighted by Gasteiger charge is 2.51. The monoisotopic (exact) mass is 596 g/mol. The van der Waals surface area contributed by atoms with Crippen LogP contribution in [0.1, 0.15) is 41.4 Å². The van der Waals surface area contributed by atoms with Gasteiger partial charge in [0, 0.05) is 10.4 Å². The normalized spacial score (nSPS) is 14.7. The second kappa shape index (κ2) is 10.2. The van der Waals surface area contributed by atoms with Gasteiger partial charge in [-0.25, -0.2) is 14.6 Å². The van der Waals surface area contributed by atoms with Crippen molar-refractivity contribution in [2.75, 3.05) is 7.11 Å². The molecule has 4 aromatic carbocycles. The van der Waals surface area contributed by atoms with Crippen LogP contribution in [0.2, 0.25) is 5.02 Å². The van der Waals surface area contributed by atoms with Crippen LogP contribution in [-0.2, 0) is 14.3 Å². The molecule has 1 fully saturated rings. The lowest BCUT2D eigenvalue weighted by Gasteiger charge is -2.28. The summed E-state index contributed by atoms with van der Waals surface area (Å²) in [5, 5.41) is 3.26. The van der Waals surface area contributed by atoms with Crippen LogP contribution in [0.25, 0.3) is 27.5 Å². The second-order valence-corrected chi connectivity index (χ2v) is 12.0. The molecule has 0 spiro atoms. The minimum atomic E-state index is -1.68. The summed E-state index contributed by atoms with van der Waals surface area (Å²) in [6, 6.07) is 27.3. The summed E-state index contributed by atoms with van der Waals surface area (Å²) in [6.07, 6.45) is 2.38. The van der Waals surface area contributed by atoms with Crippen molar-refractivity contribution in [3.8, 4) is 5.69 Å². The van der Waals surface area contributed by atoms with Gasteiger partial charge >= 0.3 is 11.8 Å². The minimum Gasteiger partial charge on any atom is -0.467 e. The molecule has 42 heavy (non-hydrogen) atoms. The summed E-state index contributed by atoms with van der Waals surface area (Å²) in [4.78, 5) is 31.3. The smallest absolute Gasteiger partial charge is 0.467 e. The van der Waals surface area contributed by atoms with Gasteiger partial charge in [0.2, 0.25) is 4.75 Å². The van der Waals surface area contributed by atoms with Gasteiger partial charge in [0.05, 0.1) is 23.8 Å². The Bertz CT molecular complexity index is 2040. The number of ether oxygens (including phenoxy) is 1. The van der Waals surface area contributed by atoms with Gasteiger partial charge in [0.15, 0.2) is 10.9 Å². The zero-order chi connectivity index (χ0) is 29.0. The number of hydrogen-bond acceptors (Lipinski definition) is 7. The molecule has 2 aromatic heterocycles. The van der Waals surface area contributed by atoms with Crippen molar-refractivity contribution in [1.82, 2.24) is 9.55 Å². The Morgan fingerprint density at radius 3 is 2.38 bits per heavy atom. The summed E-state index contributed by atoms with van der Waals surface area (Å²) < 4.78 is 16.6. The third-order valence-corrected chi connectivity index (χ3v) is 9.35. The van der Waals surface area contributed by atoms with Crippen LogP contribution in [0.15, 0.2) is 104 Å². The number of para-hydroxylation sites is 2. The van der Waals surface area contributed by atoms with E-state index in [1.165, 1.54) is 30.9 Å². The number of esters is 1. The topological polar surface area (TPSA) is 87.5 Å². The van der Waals surface area contributed by atoms with Crippen molar-refractivity contribution >= 4 is 51.1 Å². The Morgan fingerprint density at radius 1 is 0.976 bits per heavy atom. The lowest BCUT2D eigenvalue weighted by atomic mass is 9.94. The van der Waals surface area contributed by atoms with Crippen LogP contribution in [0.4, 0.5) is 0 Å². The van der Waals surface area contributed by atoms with Crippen molar-refractivity contribution in [1.29, 1.82) is 0 Å². The number of carbonyl (C=O) groups is 1. The van der Waals surface area contributed by atoms with Gasteiger partial charge in [-0.3, -0.25) is 4.57 Å². The van der Waals surface area contributed by atoms with E-state index in [4.69, 9.17) is 30.2 Å². The summed E-state index contributed by atoms with van der Waals surface area (Å²) in [6.45, 7) is 1.58. The number of aryl methyl sites for hydroxylation is 1. The first-order valence-corrected chi connectivity index (χ1v) is 14.7. The third kappa shape index (κ3) is 4.25. The predicted molar refractivity (Wildman–Crippen MR) is 163 cm³/mol. The Morgan fingerprint density at radius 2 is 1.69 bits per heavy atom. The van der Waals surface area contributed by atoms with Gasteiger partial charge < -0.3 is 13.6 Å². The fourth-order valence-corrected chi connectivity index (χ4v) is 7.21. The van der Waals surface area contributed by atoms with Crippen molar-refractivity contribution in [3.63, 3.8) is 0 Å². The highest BCUT2D eigenvalue weighted by Crippen LogP contribution is 2.50. The number of benzene rings is 4. The van der Waals surface area contributed by atoms with E-state index in [1.54, 1.807) is 31.2 Å². The van der Waals surface area contributed by atoms with Gasteiger partial charge in [-0.1, -0.05) is 78.0 Å². The average molecular weight is 597 g/mol. The molecule has 0 aliphatic heterocycles. The number of imidazole rings is 1. The molecule has 7 nitrogen and oxygen atoms in total. The Kier molecular flexibility index (Phi) is 6.48. The Balaban J connectivity index is 1.53. The number of fused-ring (bicyclic) bond motifs is 2. The van der Waals surface area contributed by atoms with E-state index in [-0.39, 0.29) is 11.5 Å². The number of rotatable bonds is 7. The quantitative estimate of drug-likeness (QED) is 0.137. The molecule has 1 aliphatic rings. The molecule has 1 unspecified atom stereocenters. The number of carbonyl (C=O) groups excluding carboxylic acids is 1. The maximum absolute atomic E-state index is 14.0. The maximum atomic E-state index is 14.0. The lowest BCUT2D eigenvalue weighted by molar-refractivity contribution is -0.143. The number of aromatic nitrogens is 2. The minimum absolute atomic E-state index is 0.0271. The average Bonchev–Trinajstić information content (AvgIpc) is 3.70. The standard InChI is InChI=1S/C33H25ClN2O5S/c1-19-29(41-32(38)40-19)33(30(37)39-2,21-13-15-22(34)16-14-21)42-31-35-26-9-5-6-10-28(26)36(31)27-18-17-23(20-11-12-20)24-7-3-4-8-25(24)27/h3-10,13-18,20H,11-12H2,1-2H3. The summed E-state index contributed by atoms with van der Waals surface area (Å²) in [5.74, 6) is -0.814. The van der Waals surface area contributed by atoms with E-state index in [2.05, 4.69) is 34.9 Å². The molecule has 1 aliphatic carbocycles. The molecule has 9 heteroatoms. The van der Waals surface area contributed by atoms with Crippen LogP contribution >= 0.6 is 23.4 Å². The highest BCUT2D eigenvalue weighted by molar-refractivity contribution is 8.01. The molecular weight excluding hydrogens is 572 g/mol. The largest absolute Gasteiger partial charge is 0.519 e. The highest BCUT2D eigenvalue weighted by atomic mass is 35.5. The zero-order valence-electron chi connectivity index (χ0n) is 22.8. The molecule has 7 rings (SSSR count). The fourth-order valence-electron chi connectivity index (χ4n) is 5.68. The first-order valence-electron chi connectivity index (χ1n) is 13.5. The molecule has 0 N–H and O–H groups in total. The molecule has 210 valence electrons. The second-order valence-electron chi connectivity index (χ2n) is 10.3. The Labute approximate surface area is 250 Å². The number of hydrogen-bond donors (Lipinski definition) is 0. The van der Waals surface area contributed by atoms with Gasteiger partial charge in [0.1, 0.15) is 5.76 Å². The van der Waals surface area contributed by atoms with E-state index < -0.39 is 16.5 Å². The van der Waals surface area contributed by atoms with Gasteiger partial charge in [-0.15, -0.1) is 0 Å². The van der Waals surface area contributed by atoms with E-state index in [0.29, 0.717) is 21.7 Å². The van der Waals surface area contributed by atoms with Crippen LogP contribution in [0.3, 0.4) is 0 Å². The number of halogens is 1. The molecule has 0 saturated heterocycles. The van der Waals surface area contributed by atoms with Crippen molar-refractivity contribution < 1.29 is 18.4 Å². The number of methoxy groups -OCH3 is 1. The first kappa shape index (κ1) is 26.6. The van der Waals surface area contributed by atoms with Gasteiger partial charge in [-0.05, 0) is 72.5 Å². The van der Waals surface area contributed by atoms with E-state index >= 15 is 0 Å². The molecule has 6 aromatic rings. The van der Waals surface area contributed by atoms with E-state index in [0.717, 1.165) is 33.9 Å². The number of thioether (sulfide) groups is 1. The van der Waals surface area contributed by atoms with Crippen molar-refractivity contribution in [2.45, 2.75) is 35.6 Å². The molecule has 0 bridgehead atoms. The van der Waals surface area contributed by atoms with E-state index in [1.807, 2.05) is 30.3 Å².